The van der Waals surface area contributed by atoms with Crippen LogP contribution in [-0.2, 0) is 17.8 Å². The van der Waals surface area contributed by atoms with Crippen molar-refractivity contribution in [3.63, 3.8) is 0 Å². The van der Waals surface area contributed by atoms with Crippen LogP contribution in [0.4, 0.5) is 0 Å². The van der Waals surface area contributed by atoms with Gasteiger partial charge in [0, 0.05) is 27.8 Å². The molecule has 15 heavy (non-hydrogen) atoms. The van der Waals surface area contributed by atoms with E-state index < -0.39 is 0 Å². The Bertz CT molecular complexity index is 371. The van der Waals surface area contributed by atoms with Gasteiger partial charge in [0.15, 0.2) is 0 Å². The van der Waals surface area contributed by atoms with E-state index in [0.717, 1.165) is 24.6 Å². The molecule has 1 fully saturated rings. The lowest BCUT2D eigenvalue weighted by Gasteiger charge is -2.11. The molecule has 0 spiro atoms. The lowest BCUT2D eigenvalue weighted by atomic mass is 10.1. The molecule has 3 heterocycles. The maximum atomic E-state index is 6.41. The summed E-state index contributed by atoms with van der Waals surface area (Å²) in [5, 5.41) is 4.47. The minimum atomic E-state index is 0.494. The van der Waals surface area contributed by atoms with Gasteiger partial charge < -0.3 is 10.1 Å². The third kappa shape index (κ3) is 1.72. The van der Waals surface area contributed by atoms with Gasteiger partial charge in [-0.05, 0) is 19.4 Å². The van der Waals surface area contributed by atoms with Crippen molar-refractivity contribution in [2.75, 3.05) is 13.2 Å². The summed E-state index contributed by atoms with van der Waals surface area (Å²) in [6.07, 6.45) is 3.52. The van der Waals surface area contributed by atoms with E-state index >= 15 is 0 Å². The van der Waals surface area contributed by atoms with Crippen molar-refractivity contribution in [1.29, 1.82) is 0 Å². The maximum Gasteiger partial charge on any atom is 0.0742 e. The second kappa shape index (κ2) is 4.06. The van der Waals surface area contributed by atoms with Crippen LogP contribution in [0, 0.1) is 0 Å². The molecule has 4 heteroatoms. The van der Waals surface area contributed by atoms with Crippen LogP contribution < -0.4 is 5.32 Å². The molecule has 1 N–H and O–H groups in total. The summed E-state index contributed by atoms with van der Waals surface area (Å²) in [4.78, 5) is 2.78. The fraction of sp³-hybridized carbons (Fsp3) is 0.636. The smallest absolute Gasteiger partial charge is 0.0742 e. The molecule has 0 bridgehead atoms. The molecule has 0 aromatic carbocycles. The Hall–Kier alpha value is -0.0900. The van der Waals surface area contributed by atoms with E-state index in [1.165, 1.54) is 28.2 Å². The molecule has 1 atom stereocenters. The molecule has 1 unspecified atom stereocenters. The number of hydrogen-bond acceptors (Lipinski definition) is 3. The van der Waals surface area contributed by atoms with Gasteiger partial charge in [-0.25, -0.2) is 0 Å². The Morgan fingerprint density at radius 1 is 1.47 bits per heavy atom. The van der Waals surface area contributed by atoms with E-state index in [9.17, 15) is 0 Å². The van der Waals surface area contributed by atoms with Gasteiger partial charge in [-0.2, -0.15) is 0 Å². The first kappa shape index (κ1) is 10.1. The van der Waals surface area contributed by atoms with E-state index in [2.05, 4.69) is 5.32 Å². The predicted molar refractivity (Wildman–Crippen MR) is 62.7 cm³/mol. The number of ether oxygens (including phenoxy) is 1. The zero-order valence-corrected chi connectivity index (χ0v) is 10.1. The maximum absolute atomic E-state index is 6.41. The van der Waals surface area contributed by atoms with E-state index in [1.807, 2.05) is 11.3 Å². The van der Waals surface area contributed by atoms with Crippen molar-refractivity contribution in [3.8, 4) is 0 Å². The van der Waals surface area contributed by atoms with Crippen molar-refractivity contribution in [3.05, 3.63) is 20.3 Å². The molecule has 2 aliphatic heterocycles. The van der Waals surface area contributed by atoms with Gasteiger partial charge in [-0.15, -0.1) is 11.3 Å². The van der Waals surface area contributed by atoms with Gasteiger partial charge in [0.1, 0.15) is 0 Å². The second-order valence-corrected chi connectivity index (χ2v) is 5.65. The summed E-state index contributed by atoms with van der Waals surface area (Å²) in [6.45, 7) is 2.68. The minimum Gasteiger partial charge on any atom is -0.376 e. The third-order valence-electron chi connectivity index (χ3n) is 3.15. The SMILES string of the molecule is Clc1c(C2CCCN2)sc2c1COCC2. The highest BCUT2D eigenvalue weighted by molar-refractivity contribution is 7.13. The van der Waals surface area contributed by atoms with Gasteiger partial charge in [0.05, 0.1) is 18.2 Å². The molecular formula is C11H14ClNOS. The minimum absolute atomic E-state index is 0.494. The van der Waals surface area contributed by atoms with Crippen molar-refractivity contribution >= 4 is 22.9 Å². The van der Waals surface area contributed by atoms with E-state index in [4.69, 9.17) is 16.3 Å². The summed E-state index contributed by atoms with van der Waals surface area (Å²) in [6, 6.07) is 0.494. The van der Waals surface area contributed by atoms with E-state index in [-0.39, 0.29) is 0 Å². The van der Waals surface area contributed by atoms with Crippen molar-refractivity contribution in [2.45, 2.75) is 31.9 Å². The van der Waals surface area contributed by atoms with Crippen LogP contribution in [0.2, 0.25) is 5.02 Å². The lowest BCUT2D eigenvalue weighted by molar-refractivity contribution is 0.112. The van der Waals surface area contributed by atoms with E-state index in [1.54, 1.807) is 0 Å². The topological polar surface area (TPSA) is 21.3 Å². The molecule has 1 saturated heterocycles. The third-order valence-corrected chi connectivity index (χ3v) is 5.10. The summed E-state index contributed by atoms with van der Waals surface area (Å²) in [7, 11) is 0. The molecule has 0 aliphatic carbocycles. The van der Waals surface area contributed by atoms with Crippen LogP contribution in [0.25, 0.3) is 0 Å². The highest BCUT2D eigenvalue weighted by Crippen LogP contribution is 2.41. The normalized spacial score (nSPS) is 25.5. The summed E-state index contributed by atoms with van der Waals surface area (Å²) >= 11 is 8.30. The van der Waals surface area contributed by atoms with E-state index in [0.29, 0.717) is 12.6 Å². The van der Waals surface area contributed by atoms with Crippen molar-refractivity contribution < 1.29 is 4.74 Å². The standard InChI is InChI=1S/C11H14ClNOS/c12-10-7-6-14-5-3-9(7)15-11(10)8-2-1-4-13-8/h8,13H,1-6H2. The number of fused-ring (bicyclic) bond motifs is 1. The zero-order valence-electron chi connectivity index (χ0n) is 8.51. The first-order valence-electron chi connectivity index (χ1n) is 5.47. The molecule has 3 rings (SSSR count). The predicted octanol–water partition coefficient (Wildman–Crippen LogP) is 2.90. The van der Waals surface area contributed by atoms with Crippen molar-refractivity contribution in [2.24, 2.45) is 0 Å². The first-order valence-corrected chi connectivity index (χ1v) is 6.67. The first-order chi connectivity index (χ1) is 7.36. The molecule has 1 aromatic rings. The van der Waals surface area contributed by atoms with Crippen LogP contribution in [0.3, 0.4) is 0 Å². The number of nitrogens with one attached hydrogen (secondary N) is 1. The van der Waals surface area contributed by atoms with Gasteiger partial charge >= 0.3 is 0 Å². The number of thiophene rings is 1. The number of rotatable bonds is 1. The highest BCUT2D eigenvalue weighted by atomic mass is 35.5. The zero-order chi connectivity index (χ0) is 10.3. The molecule has 0 amide bonds. The quantitative estimate of drug-likeness (QED) is 0.819. The summed E-state index contributed by atoms with van der Waals surface area (Å²) in [5.41, 5.74) is 1.25. The Morgan fingerprint density at radius 3 is 3.13 bits per heavy atom. The molecule has 2 nitrogen and oxygen atoms in total. The molecular weight excluding hydrogens is 230 g/mol. The van der Waals surface area contributed by atoms with Gasteiger partial charge in [0.25, 0.3) is 0 Å². The van der Waals surface area contributed by atoms with Crippen LogP contribution in [0.15, 0.2) is 0 Å². The number of halogens is 1. The van der Waals surface area contributed by atoms with Gasteiger partial charge in [-0.1, -0.05) is 11.6 Å². The fourth-order valence-corrected chi connectivity index (χ4v) is 4.09. The largest absolute Gasteiger partial charge is 0.376 e. The molecule has 1 aromatic heterocycles. The summed E-state index contributed by atoms with van der Waals surface area (Å²) < 4.78 is 5.45. The monoisotopic (exact) mass is 243 g/mol. The van der Waals surface area contributed by atoms with Gasteiger partial charge in [0.2, 0.25) is 0 Å². The Kier molecular flexibility index (Phi) is 2.73. The molecule has 0 radical (unpaired) electrons. The van der Waals surface area contributed by atoms with Crippen LogP contribution in [0.5, 0.6) is 0 Å². The van der Waals surface area contributed by atoms with Crippen LogP contribution in [0.1, 0.15) is 34.2 Å². The van der Waals surface area contributed by atoms with Crippen molar-refractivity contribution in [1.82, 2.24) is 5.32 Å². The Balaban J connectivity index is 1.97. The molecule has 0 saturated carbocycles. The highest BCUT2D eigenvalue weighted by Gasteiger charge is 2.26. The molecule has 2 aliphatic rings. The van der Waals surface area contributed by atoms with Crippen LogP contribution >= 0.6 is 22.9 Å². The molecule has 82 valence electrons. The second-order valence-electron chi connectivity index (χ2n) is 4.13. The Morgan fingerprint density at radius 2 is 2.40 bits per heavy atom. The van der Waals surface area contributed by atoms with Crippen LogP contribution in [-0.4, -0.2) is 13.2 Å². The summed E-state index contributed by atoms with van der Waals surface area (Å²) in [5.74, 6) is 0. The lowest BCUT2D eigenvalue weighted by Crippen LogP contribution is -2.11. The van der Waals surface area contributed by atoms with Gasteiger partial charge in [-0.3, -0.25) is 0 Å². The fourth-order valence-electron chi connectivity index (χ4n) is 2.33. The Labute approximate surface area is 98.6 Å². The average molecular weight is 244 g/mol. The number of hydrogen-bond donors (Lipinski definition) is 1. The average Bonchev–Trinajstić information content (AvgIpc) is 2.87.